The molecular formula is C10H12N2O2. The normalized spacial score (nSPS) is 11.5. The molecule has 0 aromatic heterocycles. The Balaban J connectivity index is 2.81. The zero-order valence-corrected chi connectivity index (χ0v) is 7.86. The second kappa shape index (κ2) is 5.01. The number of rotatable bonds is 5. The van der Waals surface area contributed by atoms with Crippen LogP contribution in [0.1, 0.15) is 18.5 Å². The Labute approximate surface area is 82.3 Å². The lowest BCUT2D eigenvalue weighted by atomic mass is 10.1. The van der Waals surface area contributed by atoms with E-state index >= 15 is 0 Å². The second-order valence-corrected chi connectivity index (χ2v) is 2.89. The van der Waals surface area contributed by atoms with Crippen molar-refractivity contribution < 1.29 is 9.59 Å². The predicted molar refractivity (Wildman–Crippen MR) is 53.7 cm³/mol. The van der Waals surface area contributed by atoms with Crippen molar-refractivity contribution in [2.45, 2.75) is 13.0 Å². The maximum atomic E-state index is 10.2. The molecule has 0 spiro atoms. The zero-order valence-electron chi connectivity index (χ0n) is 7.86. The third-order valence-electron chi connectivity index (χ3n) is 1.93. The van der Waals surface area contributed by atoms with E-state index in [4.69, 9.17) is 0 Å². The lowest BCUT2D eigenvalue weighted by Gasteiger charge is -2.11. The van der Waals surface area contributed by atoms with Gasteiger partial charge in [-0.1, -0.05) is 12.1 Å². The van der Waals surface area contributed by atoms with Gasteiger partial charge in [0.2, 0.25) is 12.8 Å². The van der Waals surface area contributed by atoms with Crippen LogP contribution in [0.2, 0.25) is 0 Å². The molecule has 0 aliphatic heterocycles. The fraction of sp³-hybridized carbons (Fsp3) is 0.200. The Morgan fingerprint density at radius 1 is 1.29 bits per heavy atom. The summed E-state index contributed by atoms with van der Waals surface area (Å²) >= 11 is 0. The van der Waals surface area contributed by atoms with Crippen LogP contribution in [-0.2, 0) is 9.59 Å². The number of anilines is 1. The van der Waals surface area contributed by atoms with Gasteiger partial charge in [0, 0.05) is 5.69 Å². The van der Waals surface area contributed by atoms with Crippen molar-refractivity contribution in [3.8, 4) is 0 Å². The van der Waals surface area contributed by atoms with Crippen LogP contribution < -0.4 is 10.6 Å². The molecule has 0 aliphatic carbocycles. The molecule has 2 N–H and O–H groups in total. The fourth-order valence-corrected chi connectivity index (χ4v) is 1.16. The van der Waals surface area contributed by atoms with E-state index in [1.165, 1.54) is 0 Å². The van der Waals surface area contributed by atoms with Crippen LogP contribution in [0.25, 0.3) is 0 Å². The zero-order chi connectivity index (χ0) is 10.4. The van der Waals surface area contributed by atoms with E-state index in [2.05, 4.69) is 10.6 Å². The van der Waals surface area contributed by atoms with Crippen LogP contribution in [0.15, 0.2) is 24.3 Å². The molecule has 1 aromatic carbocycles. The Morgan fingerprint density at radius 2 is 2.07 bits per heavy atom. The van der Waals surface area contributed by atoms with Crippen molar-refractivity contribution in [1.29, 1.82) is 0 Å². The summed E-state index contributed by atoms with van der Waals surface area (Å²) in [5, 5.41) is 5.18. The quantitative estimate of drug-likeness (QED) is 0.685. The number of benzene rings is 1. The first-order valence-corrected chi connectivity index (χ1v) is 4.27. The van der Waals surface area contributed by atoms with Crippen LogP contribution >= 0.6 is 0 Å². The fourth-order valence-electron chi connectivity index (χ4n) is 1.16. The molecule has 0 heterocycles. The molecule has 4 nitrogen and oxygen atoms in total. The first kappa shape index (κ1) is 10.2. The minimum absolute atomic E-state index is 0.0547. The molecule has 14 heavy (non-hydrogen) atoms. The monoisotopic (exact) mass is 192 g/mol. The first-order valence-electron chi connectivity index (χ1n) is 4.27. The van der Waals surface area contributed by atoms with E-state index in [9.17, 15) is 9.59 Å². The molecule has 0 bridgehead atoms. The second-order valence-electron chi connectivity index (χ2n) is 2.89. The highest BCUT2D eigenvalue weighted by molar-refractivity contribution is 5.71. The first-order chi connectivity index (χ1) is 6.77. The number of hydrogen-bond acceptors (Lipinski definition) is 2. The molecule has 1 unspecified atom stereocenters. The molecule has 74 valence electrons. The molecule has 2 amide bonds. The van der Waals surface area contributed by atoms with Crippen molar-refractivity contribution in [3.05, 3.63) is 29.8 Å². The van der Waals surface area contributed by atoms with Gasteiger partial charge in [0.25, 0.3) is 0 Å². The molecule has 1 atom stereocenters. The summed E-state index contributed by atoms with van der Waals surface area (Å²) in [6.07, 6.45) is 1.28. The number of amides is 2. The third kappa shape index (κ3) is 2.58. The van der Waals surface area contributed by atoms with Gasteiger partial charge in [-0.25, -0.2) is 0 Å². The van der Waals surface area contributed by atoms with Crippen molar-refractivity contribution in [2.24, 2.45) is 0 Å². The minimum Gasteiger partial charge on any atom is -0.352 e. The maximum Gasteiger partial charge on any atom is 0.211 e. The van der Waals surface area contributed by atoms with Gasteiger partial charge in [0.15, 0.2) is 0 Å². The molecule has 0 aliphatic rings. The highest BCUT2D eigenvalue weighted by Crippen LogP contribution is 2.16. The topological polar surface area (TPSA) is 58.2 Å². The van der Waals surface area contributed by atoms with Crippen LogP contribution in [0, 0.1) is 0 Å². The Kier molecular flexibility index (Phi) is 3.67. The lowest BCUT2D eigenvalue weighted by molar-refractivity contribution is -0.110. The summed E-state index contributed by atoms with van der Waals surface area (Å²) in [6, 6.07) is 7.25. The largest absolute Gasteiger partial charge is 0.352 e. The van der Waals surface area contributed by atoms with Crippen molar-refractivity contribution in [3.63, 3.8) is 0 Å². The highest BCUT2D eigenvalue weighted by Gasteiger charge is 2.03. The van der Waals surface area contributed by atoms with E-state index in [-0.39, 0.29) is 6.04 Å². The minimum atomic E-state index is -0.0547. The molecule has 1 aromatic rings. The van der Waals surface area contributed by atoms with Gasteiger partial charge < -0.3 is 10.6 Å². The summed E-state index contributed by atoms with van der Waals surface area (Å²) in [6.45, 7) is 1.87. The van der Waals surface area contributed by atoms with E-state index in [0.29, 0.717) is 12.8 Å². The molecule has 0 radical (unpaired) electrons. The summed E-state index contributed by atoms with van der Waals surface area (Å²) < 4.78 is 0. The Bertz CT molecular complexity index is 326. The molecule has 0 fully saturated rings. The average Bonchev–Trinajstić information content (AvgIpc) is 2.19. The Morgan fingerprint density at radius 3 is 2.71 bits per heavy atom. The van der Waals surface area contributed by atoms with E-state index in [1.807, 2.05) is 25.1 Å². The van der Waals surface area contributed by atoms with Gasteiger partial charge in [0.05, 0.1) is 6.04 Å². The highest BCUT2D eigenvalue weighted by atomic mass is 16.1. The average molecular weight is 192 g/mol. The van der Waals surface area contributed by atoms with Crippen LogP contribution in [-0.4, -0.2) is 12.8 Å². The molecular weight excluding hydrogens is 180 g/mol. The van der Waals surface area contributed by atoms with Gasteiger partial charge in [0.1, 0.15) is 0 Å². The molecule has 0 saturated carbocycles. The summed E-state index contributed by atoms with van der Waals surface area (Å²) in [5.41, 5.74) is 1.67. The summed E-state index contributed by atoms with van der Waals surface area (Å²) in [7, 11) is 0. The number of hydrogen-bond donors (Lipinski definition) is 2. The van der Waals surface area contributed by atoms with Crippen LogP contribution in [0.4, 0.5) is 5.69 Å². The van der Waals surface area contributed by atoms with Gasteiger partial charge >= 0.3 is 0 Å². The van der Waals surface area contributed by atoms with Crippen molar-refractivity contribution >= 4 is 18.5 Å². The smallest absolute Gasteiger partial charge is 0.211 e. The summed E-state index contributed by atoms with van der Waals surface area (Å²) in [5.74, 6) is 0. The van der Waals surface area contributed by atoms with E-state index in [1.54, 1.807) is 6.07 Å². The molecule has 1 rings (SSSR count). The SMILES string of the molecule is CC(NC=O)c1cccc(NC=O)c1. The lowest BCUT2D eigenvalue weighted by Crippen LogP contribution is -2.16. The van der Waals surface area contributed by atoms with E-state index < -0.39 is 0 Å². The predicted octanol–water partition coefficient (Wildman–Crippen LogP) is 1.06. The van der Waals surface area contributed by atoms with Gasteiger partial charge in [-0.3, -0.25) is 9.59 Å². The van der Waals surface area contributed by atoms with Crippen molar-refractivity contribution in [1.82, 2.24) is 5.32 Å². The van der Waals surface area contributed by atoms with Gasteiger partial charge in [-0.05, 0) is 24.6 Å². The number of nitrogens with one attached hydrogen (secondary N) is 2. The molecule has 4 heteroatoms. The Hall–Kier alpha value is -1.84. The summed E-state index contributed by atoms with van der Waals surface area (Å²) in [4.78, 5) is 20.4. The van der Waals surface area contributed by atoms with E-state index in [0.717, 1.165) is 11.3 Å². The number of carbonyl (C=O) groups excluding carboxylic acids is 2. The number of carbonyl (C=O) groups is 2. The van der Waals surface area contributed by atoms with Gasteiger partial charge in [-0.2, -0.15) is 0 Å². The maximum absolute atomic E-state index is 10.2. The van der Waals surface area contributed by atoms with Crippen LogP contribution in [0.5, 0.6) is 0 Å². The third-order valence-corrected chi connectivity index (χ3v) is 1.93. The van der Waals surface area contributed by atoms with Crippen molar-refractivity contribution in [2.75, 3.05) is 5.32 Å². The molecule has 0 saturated heterocycles. The standard InChI is InChI=1S/C10H12N2O2/c1-8(11-6-13)9-3-2-4-10(5-9)12-7-14/h2-8H,1H3,(H,11,13)(H,12,14). The van der Waals surface area contributed by atoms with Crippen LogP contribution in [0.3, 0.4) is 0 Å². The van der Waals surface area contributed by atoms with Gasteiger partial charge in [-0.15, -0.1) is 0 Å².